The first kappa shape index (κ1) is 10.7. The number of fused-ring (bicyclic) bond motifs is 1. The van der Waals surface area contributed by atoms with E-state index < -0.39 is 0 Å². The smallest absolute Gasteiger partial charge is 0.118 e. The minimum Gasteiger partial charge on any atom is -0.497 e. The van der Waals surface area contributed by atoms with Crippen molar-refractivity contribution in [3.8, 4) is 5.75 Å². The monoisotopic (exact) mass is 247 g/mol. The number of hydrogen-bond acceptors (Lipinski definition) is 4. The van der Waals surface area contributed by atoms with Gasteiger partial charge in [0.2, 0.25) is 0 Å². The lowest BCUT2D eigenvalue weighted by atomic mass is 10.3. The quantitative estimate of drug-likeness (QED) is 0.901. The first-order valence-corrected chi connectivity index (χ1v) is 6.23. The Labute approximate surface area is 104 Å². The van der Waals surface area contributed by atoms with Crippen molar-refractivity contribution in [2.24, 2.45) is 0 Å². The summed E-state index contributed by atoms with van der Waals surface area (Å²) in [5.74, 6) is 0.876. The number of nitrogens with one attached hydrogen (secondary N) is 1. The number of nitrogens with zero attached hydrogens (tertiary/aromatic N) is 2. The van der Waals surface area contributed by atoms with Crippen LogP contribution >= 0.6 is 11.9 Å². The highest BCUT2D eigenvalue weighted by Gasteiger charge is 2.14. The molecule has 0 saturated heterocycles. The molecule has 0 bridgehead atoms. The predicted molar refractivity (Wildman–Crippen MR) is 67.0 cm³/mol. The average molecular weight is 247 g/mol. The number of benzene rings is 1. The summed E-state index contributed by atoms with van der Waals surface area (Å²) in [6.07, 6.45) is 2.09. The zero-order valence-corrected chi connectivity index (χ0v) is 10.3. The first-order valence-electron chi connectivity index (χ1n) is 5.46. The highest BCUT2D eigenvalue weighted by atomic mass is 32.2. The molecule has 2 heterocycles. The molecular weight excluding hydrogens is 234 g/mol. The molecule has 1 aliphatic heterocycles. The van der Waals surface area contributed by atoms with Gasteiger partial charge in [-0.2, -0.15) is 5.10 Å². The van der Waals surface area contributed by atoms with Gasteiger partial charge in [0.15, 0.2) is 0 Å². The van der Waals surface area contributed by atoms with Crippen LogP contribution in [0.15, 0.2) is 35.4 Å². The van der Waals surface area contributed by atoms with Gasteiger partial charge in [-0.15, -0.1) is 0 Å². The fraction of sp³-hybridized carbons (Fsp3) is 0.250. The summed E-state index contributed by atoms with van der Waals surface area (Å²) in [5, 5.41) is 7.79. The Morgan fingerprint density at radius 3 is 2.82 bits per heavy atom. The van der Waals surface area contributed by atoms with Gasteiger partial charge in [-0.05, 0) is 24.3 Å². The van der Waals surface area contributed by atoms with Crippen LogP contribution in [0.4, 0.5) is 0 Å². The molecule has 1 aromatic heterocycles. The van der Waals surface area contributed by atoms with E-state index in [9.17, 15) is 0 Å². The summed E-state index contributed by atoms with van der Waals surface area (Å²) < 4.78 is 7.05. The van der Waals surface area contributed by atoms with Crippen LogP contribution in [0, 0.1) is 0 Å². The first-order chi connectivity index (χ1) is 8.35. The molecular formula is C12H13N3OS. The number of hydrogen-bond donors (Lipinski definition) is 1. The van der Waals surface area contributed by atoms with E-state index in [1.165, 1.54) is 5.56 Å². The van der Waals surface area contributed by atoms with Crippen molar-refractivity contribution in [3.05, 3.63) is 41.7 Å². The Hall–Kier alpha value is -1.46. The second-order valence-corrected chi connectivity index (χ2v) is 4.90. The van der Waals surface area contributed by atoms with Gasteiger partial charge in [-0.1, -0.05) is 0 Å². The van der Waals surface area contributed by atoms with E-state index in [4.69, 9.17) is 4.74 Å². The number of aromatic nitrogens is 2. The highest BCUT2D eigenvalue weighted by Crippen LogP contribution is 2.24. The minimum atomic E-state index is 0.876. The largest absolute Gasteiger partial charge is 0.497 e. The summed E-state index contributed by atoms with van der Waals surface area (Å²) >= 11 is 1.61. The van der Waals surface area contributed by atoms with Crippen LogP contribution in [-0.2, 0) is 13.1 Å². The van der Waals surface area contributed by atoms with E-state index in [-0.39, 0.29) is 0 Å². The van der Waals surface area contributed by atoms with Gasteiger partial charge >= 0.3 is 0 Å². The normalized spacial score (nSPS) is 13.7. The van der Waals surface area contributed by atoms with Gasteiger partial charge in [-0.3, -0.25) is 0 Å². The summed E-state index contributed by atoms with van der Waals surface area (Å²) in [6, 6.07) is 7.99. The molecule has 1 aromatic carbocycles. The van der Waals surface area contributed by atoms with E-state index in [1.54, 1.807) is 19.1 Å². The third-order valence-electron chi connectivity index (χ3n) is 2.72. The van der Waals surface area contributed by atoms with E-state index in [2.05, 4.69) is 16.6 Å². The van der Waals surface area contributed by atoms with Crippen LogP contribution in [0.25, 0.3) is 0 Å². The van der Waals surface area contributed by atoms with Crippen LogP contribution in [-0.4, -0.2) is 16.3 Å². The second kappa shape index (κ2) is 4.43. The van der Waals surface area contributed by atoms with Crippen LogP contribution < -0.4 is 10.1 Å². The highest BCUT2D eigenvalue weighted by molar-refractivity contribution is 7.97. The Morgan fingerprint density at radius 1 is 1.29 bits per heavy atom. The van der Waals surface area contributed by atoms with Crippen LogP contribution in [0.3, 0.4) is 0 Å². The van der Waals surface area contributed by atoms with Crippen LogP contribution in [0.5, 0.6) is 5.75 Å². The maximum Gasteiger partial charge on any atom is 0.118 e. The zero-order valence-electron chi connectivity index (χ0n) is 9.51. The molecule has 0 amide bonds. The molecule has 17 heavy (non-hydrogen) atoms. The standard InChI is InChI=1S/C12H13N3OS/c1-16-10-2-4-11(5-3-10)17-15-8-9-6-13-7-12(9)14-15/h2-5,8,13H,6-7H2,1H3. The molecule has 0 spiro atoms. The SMILES string of the molecule is COc1ccc(Sn2cc3c(n2)CNC3)cc1. The molecule has 0 saturated carbocycles. The van der Waals surface area contributed by atoms with E-state index in [0.29, 0.717) is 0 Å². The molecule has 0 atom stereocenters. The number of ether oxygens (including phenoxy) is 1. The van der Waals surface area contributed by atoms with Crippen molar-refractivity contribution >= 4 is 11.9 Å². The van der Waals surface area contributed by atoms with Crippen LogP contribution in [0.1, 0.15) is 11.3 Å². The second-order valence-electron chi connectivity index (χ2n) is 3.87. The van der Waals surface area contributed by atoms with Crippen LogP contribution in [0.2, 0.25) is 0 Å². The van der Waals surface area contributed by atoms with Crippen molar-refractivity contribution in [2.75, 3.05) is 7.11 Å². The summed E-state index contributed by atoms with van der Waals surface area (Å²) in [7, 11) is 1.67. The number of methoxy groups -OCH3 is 1. The fourth-order valence-electron chi connectivity index (χ4n) is 1.82. The van der Waals surface area contributed by atoms with Gasteiger partial charge in [-0.25, -0.2) is 4.09 Å². The average Bonchev–Trinajstić information content (AvgIpc) is 2.90. The Balaban J connectivity index is 1.76. The molecule has 3 rings (SSSR count). The summed E-state index contributed by atoms with van der Waals surface area (Å²) in [6.45, 7) is 1.81. The van der Waals surface area contributed by atoms with Crippen molar-refractivity contribution in [3.63, 3.8) is 0 Å². The third-order valence-corrected chi connectivity index (χ3v) is 3.58. The topological polar surface area (TPSA) is 39.1 Å². The lowest BCUT2D eigenvalue weighted by molar-refractivity contribution is 0.414. The van der Waals surface area contributed by atoms with Gasteiger partial charge in [0.05, 0.1) is 12.8 Å². The van der Waals surface area contributed by atoms with E-state index in [0.717, 1.165) is 29.4 Å². The van der Waals surface area contributed by atoms with Gasteiger partial charge in [0, 0.05) is 41.7 Å². The van der Waals surface area contributed by atoms with E-state index in [1.807, 2.05) is 28.4 Å². The van der Waals surface area contributed by atoms with Crippen molar-refractivity contribution in [1.29, 1.82) is 0 Å². The molecule has 0 aliphatic carbocycles. The molecule has 88 valence electrons. The van der Waals surface area contributed by atoms with Gasteiger partial charge < -0.3 is 10.1 Å². The number of rotatable bonds is 3. The molecule has 1 N–H and O–H groups in total. The third kappa shape index (κ3) is 2.16. The minimum absolute atomic E-state index is 0.876. The molecule has 0 unspecified atom stereocenters. The fourth-order valence-corrected chi connectivity index (χ4v) is 2.62. The molecule has 1 aliphatic rings. The molecule has 5 heteroatoms. The molecule has 2 aromatic rings. The summed E-state index contributed by atoms with van der Waals surface area (Å²) in [5.41, 5.74) is 2.46. The molecule has 0 fully saturated rings. The summed E-state index contributed by atoms with van der Waals surface area (Å²) in [4.78, 5) is 1.15. The van der Waals surface area contributed by atoms with E-state index >= 15 is 0 Å². The van der Waals surface area contributed by atoms with Crippen molar-refractivity contribution in [1.82, 2.24) is 14.5 Å². The van der Waals surface area contributed by atoms with Gasteiger partial charge in [0.1, 0.15) is 5.75 Å². The zero-order chi connectivity index (χ0) is 11.7. The maximum absolute atomic E-state index is 5.13. The van der Waals surface area contributed by atoms with Crippen molar-refractivity contribution < 1.29 is 4.74 Å². The molecule has 4 nitrogen and oxygen atoms in total. The maximum atomic E-state index is 5.13. The lowest BCUT2D eigenvalue weighted by Gasteiger charge is -2.03. The molecule has 0 radical (unpaired) electrons. The Kier molecular flexibility index (Phi) is 2.78. The predicted octanol–water partition coefficient (Wildman–Crippen LogP) is 2.05. The van der Waals surface area contributed by atoms with Gasteiger partial charge in [0.25, 0.3) is 0 Å². The Bertz CT molecular complexity index is 500. The van der Waals surface area contributed by atoms with Crippen molar-refractivity contribution in [2.45, 2.75) is 18.0 Å². The lowest BCUT2D eigenvalue weighted by Crippen LogP contribution is -2.03. The Morgan fingerprint density at radius 2 is 2.12 bits per heavy atom.